The number of piperazine rings is 1. The van der Waals surface area contributed by atoms with Gasteiger partial charge in [-0.1, -0.05) is 37.5 Å². The van der Waals surface area contributed by atoms with Crippen LogP contribution in [0, 0.1) is 0 Å². The number of amides is 2. The summed E-state index contributed by atoms with van der Waals surface area (Å²) in [5, 5.41) is 0. The van der Waals surface area contributed by atoms with E-state index in [1.54, 1.807) is 12.0 Å². The number of rotatable bonds is 5. The van der Waals surface area contributed by atoms with Gasteiger partial charge in [-0.05, 0) is 48.2 Å². The van der Waals surface area contributed by atoms with E-state index in [1.807, 2.05) is 47.4 Å². The smallest absolute Gasteiger partial charge is 0.250 e. The molecule has 2 aromatic carbocycles. The lowest BCUT2D eigenvalue weighted by atomic mass is 9.91. The van der Waals surface area contributed by atoms with Gasteiger partial charge in [-0.25, -0.2) is 0 Å². The summed E-state index contributed by atoms with van der Waals surface area (Å²) in [4.78, 5) is 30.7. The van der Waals surface area contributed by atoms with E-state index in [-0.39, 0.29) is 31.2 Å². The van der Waals surface area contributed by atoms with Gasteiger partial charge in [-0.3, -0.25) is 9.59 Å². The Morgan fingerprint density at radius 3 is 2.47 bits per heavy atom. The molecule has 2 heterocycles. The van der Waals surface area contributed by atoms with Crippen molar-refractivity contribution < 1.29 is 23.8 Å². The van der Waals surface area contributed by atoms with Crippen LogP contribution in [0.5, 0.6) is 17.2 Å². The van der Waals surface area contributed by atoms with Gasteiger partial charge >= 0.3 is 0 Å². The molecular weight excluding hydrogens is 408 g/mol. The Morgan fingerprint density at radius 2 is 1.72 bits per heavy atom. The van der Waals surface area contributed by atoms with Crippen molar-refractivity contribution in [2.24, 2.45) is 0 Å². The van der Waals surface area contributed by atoms with Gasteiger partial charge in [0, 0.05) is 12.6 Å². The van der Waals surface area contributed by atoms with E-state index in [1.165, 1.54) is 6.42 Å². The number of hydrogen-bond acceptors (Lipinski definition) is 5. The zero-order valence-corrected chi connectivity index (χ0v) is 18.3. The fourth-order valence-electron chi connectivity index (χ4n) is 4.97. The first-order valence-corrected chi connectivity index (χ1v) is 11.3. The third-order valence-electron chi connectivity index (χ3n) is 6.69. The van der Waals surface area contributed by atoms with Gasteiger partial charge in [-0.2, -0.15) is 0 Å². The molecular formula is C25H28N2O5. The first-order valence-electron chi connectivity index (χ1n) is 11.3. The first kappa shape index (κ1) is 20.7. The number of nitrogens with zero attached hydrogens (tertiary/aromatic N) is 2. The summed E-state index contributed by atoms with van der Waals surface area (Å²) in [5.74, 6) is 2.05. The molecule has 7 heteroatoms. The van der Waals surface area contributed by atoms with Crippen LogP contribution in [-0.4, -0.2) is 48.1 Å². The number of benzene rings is 2. The summed E-state index contributed by atoms with van der Waals surface area (Å²) in [6.45, 7) is 0.669. The maximum absolute atomic E-state index is 13.8. The van der Waals surface area contributed by atoms with Crippen molar-refractivity contribution >= 4 is 11.8 Å². The Kier molecular flexibility index (Phi) is 5.64. The van der Waals surface area contributed by atoms with Crippen LogP contribution in [-0.2, 0) is 16.1 Å². The molecule has 0 unspecified atom stereocenters. The fourth-order valence-corrected chi connectivity index (χ4v) is 4.97. The average Bonchev–Trinajstić information content (AvgIpc) is 3.30. The molecule has 1 atom stereocenters. The van der Waals surface area contributed by atoms with Gasteiger partial charge in [-0.15, -0.1) is 0 Å². The van der Waals surface area contributed by atoms with Crippen molar-refractivity contribution in [1.29, 1.82) is 0 Å². The highest BCUT2D eigenvalue weighted by Gasteiger charge is 2.43. The second-order valence-electron chi connectivity index (χ2n) is 8.64. The largest absolute Gasteiger partial charge is 0.497 e. The third kappa shape index (κ3) is 3.87. The molecule has 2 aromatic rings. The van der Waals surface area contributed by atoms with Crippen molar-refractivity contribution in [3.05, 3.63) is 53.6 Å². The lowest BCUT2D eigenvalue weighted by molar-refractivity contribution is -0.160. The molecule has 2 fully saturated rings. The van der Waals surface area contributed by atoms with E-state index >= 15 is 0 Å². The van der Waals surface area contributed by atoms with Crippen LogP contribution in [0.3, 0.4) is 0 Å². The highest BCUT2D eigenvalue weighted by molar-refractivity contribution is 5.95. The summed E-state index contributed by atoms with van der Waals surface area (Å²) in [6.07, 6.45) is 5.35. The molecule has 1 aliphatic carbocycles. The molecule has 1 saturated heterocycles. The van der Waals surface area contributed by atoms with Crippen LogP contribution in [0.15, 0.2) is 42.5 Å². The average molecular weight is 437 g/mol. The van der Waals surface area contributed by atoms with Crippen LogP contribution >= 0.6 is 0 Å². The van der Waals surface area contributed by atoms with Gasteiger partial charge in [0.1, 0.15) is 18.3 Å². The van der Waals surface area contributed by atoms with E-state index < -0.39 is 6.04 Å². The van der Waals surface area contributed by atoms with Crippen LogP contribution in [0.1, 0.15) is 49.3 Å². The quantitative estimate of drug-likeness (QED) is 0.716. The maximum Gasteiger partial charge on any atom is 0.250 e. The predicted molar refractivity (Wildman–Crippen MR) is 117 cm³/mol. The Morgan fingerprint density at radius 1 is 0.969 bits per heavy atom. The molecule has 168 valence electrons. The molecule has 32 heavy (non-hydrogen) atoms. The summed E-state index contributed by atoms with van der Waals surface area (Å²) >= 11 is 0. The molecule has 0 aromatic heterocycles. The van der Waals surface area contributed by atoms with E-state index in [0.717, 1.165) is 42.6 Å². The second-order valence-corrected chi connectivity index (χ2v) is 8.64. The zero-order chi connectivity index (χ0) is 22.1. The minimum atomic E-state index is -0.658. The van der Waals surface area contributed by atoms with E-state index in [4.69, 9.17) is 14.2 Å². The molecule has 7 nitrogen and oxygen atoms in total. The van der Waals surface area contributed by atoms with Crippen molar-refractivity contribution in [1.82, 2.24) is 9.80 Å². The van der Waals surface area contributed by atoms with Gasteiger partial charge in [0.05, 0.1) is 7.11 Å². The Bertz CT molecular complexity index is 1000. The first-order chi connectivity index (χ1) is 15.6. The standard InChI is InChI=1S/C25H28N2O5/c1-30-20-10-8-18(9-11-20)24-25(29)26(19-5-3-2-4-6-19)15-23(28)27(24)14-17-7-12-21-22(13-17)32-16-31-21/h7-13,19,24H,2-6,14-16H2,1H3/t24-/m0/s1. The van der Waals surface area contributed by atoms with Gasteiger partial charge in [0.25, 0.3) is 5.91 Å². The molecule has 0 spiro atoms. The van der Waals surface area contributed by atoms with Gasteiger partial charge < -0.3 is 24.0 Å². The fraction of sp³-hybridized carbons (Fsp3) is 0.440. The van der Waals surface area contributed by atoms with Crippen molar-refractivity contribution in [2.75, 3.05) is 20.4 Å². The molecule has 0 bridgehead atoms. The van der Waals surface area contributed by atoms with Crippen molar-refractivity contribution in [2.45, 2.75) is 50.7 Å². The van der Waals surface area contributed by atoms with Crippen LogP contribution < -0.4 is 14.2 Å². The monoisotopic (exact) mass is 436 g/mol. The molecule has 2 amide bonds. The molecule has 2 aliphatic heterocycles. The zero-order valence-electron chi connectivity index (χ0n) is 18.3. The second kappa shape index (κ2) is 8.73. The Balaban J connectivity index is 1.47. The van der Waals surface area contributed by atoms with Crippen LogP contribution in [0.2, 0.25) is 0 Å². The summed E-state index contributed by atoms with van der Waals surface area (Å²) < 4.78 is 16.2. The number of ether oxygens (including phenoxy) is 3. The predicted octanol–water partition coefficient (Wildman–Crippen LogP) is 3.67. The number of carbonyl (C=O) groups excluding carboxylic acids is 2. The molecule has 1 saturated carbocycles. The highest BCUT2D eigenvalue weighted by atomic mass is 16.7. The summed E-state index contributed by atoms with van der Waals surface area (Å²) in [7, 11) is 1.61. The number of carbonyl (C=O) groups is 2. The number of methoxy groups -OCH3 is 1. The maximum atomic E-state index is 13.8. The van der Waals surface area contributed by atoms with Crippen molar-refractivity contribution in [3.63, 3.8) is 0 Å². The molecule has 0 N–H and O–H groups in total. The minimum absolute atomic E-state index is 0.00223. The molecule has 5 rings (SSSR count). The van der Waals surface area contributed by atoms with Gasteiger partial charge in [0.15, 0.2) is 11.5 Å². The molecule has 0 radical (unpaired) electrons. The van der Waals surface area contributed by atoms with Crippen LogP contribution in [0.4, 0.5) is 0 Å². The number of hydrogen-bond donors (Lipinski definition) is 0. The SMILES string of the molecule is COc1ccc([C@H]2C(=O)N(C3CCCCC3)CC(=O)N2Cc2ccc3c(c2)OCO3)cc1. The summed E-state index contributed by atoms with van der Waals surface area (Å²) in [5.41, 5.74) is 1.70. The van der Waals surface area contributed by atoms with Crippen LogP contribution in [0.25, 0.3) is 0 Å². The Hall–Kier alpha value is -3.22. The normalized spacial score (nSPS) is 21.2. The highest BCUT2D eigenvalue weighted by Crippen LogP contribution is 2.36. The van der Waals surface area contributed by atoms with Gasteiger partial charge in [0.2, 0.25) is 12.7 Å². The van der Waals surface area contributed by atoms with E-state index in [2.05, 4.69) is 0 Å². The third-order valence-corrected chi connectivity index (χ3v) is 6.69. The summed E-state index contributed by atoms with van der Waals surface area (Å²) in [6, 6.07) is 12.6. The Labute approximate surface area is 187 Å². The lowest BCUT2D eigenvalue weighted by Crippen LogP contribution is -2.58. The molecule has 3 aliphatic rings. The lowest BCUT2D eigenvalue weighted by Gasteiger charge is -2.44. The van der Waals surface area contributed by atoms with E-state index in [0.29, 0.717) is 18.0 Å². The number of fused-ring (bicyclic) bond motifs is 1. The van der Waals surface area contributed by atoms with Crippen molar-refractivity contribution in [3.8, 4) is 17.2 Å². The minimum Gasteiger partial charge on any atom is -0.497 e. The topological polar surface area (TPSA) is 68.3 Å². The van der Waals surface area contributed by atoms with E-state index in [9.17, 15) is 9.59 Å².